The van der Waals surface area contributed by atoms with Gasteiger partial charge in [-0.05, 0) is 77.3 Å². The van der Waals surface area contributed by atoms with Gasteiger partial charge in [-0.25, -0.2) is 5.43 Å². The number of hydrogen-bond acceptors (Lipinski definition) is 5. The molecule has 35 heavy (non-hydrogen) atoms. The fraction of sp³-hybridized carbons (Fsp3) is 0.192. The van der Waals surface area contributed by atoms with E-state index in [4.69, 9.17) is 21.1 Å². The molecule has 0 aliphatic carbocycles. The SMILES string of the molecule is CCOc1cc(C=NNC(=O)CC(=O)Nc2ccc(Cl)cc2)cc(Br)c1OCc1ccc(C)cc1. The van der Waals surface area contributed by atoms with E-state index in [9.17, 15) is 9.59 Å². The molecular weight excluding hydrogens is 534 g/mol. The summed E-state index contributed by atoms with van der Waals surface area (Å²) in [6.07, 6.45) is 1.09. The summed E-state index contributed by atoms with van der Waals surface area (Å²) in [7, 11) is 0. The average Bonchev–Trinajstić information content (AvgIpc) is 2.81. The normalized spacial score (nSPS) is 10.7. The van der Waals surface area contributed by atoms with E-state index in [0.717, 1.165) is 5.56 Å². The zero-order valence-electron chi connectivity index (χ0n) is 19.3. The number of carbonyl (C=O) groups excluding carboxylic acids is 2. The fourth-order valence-corrected chi connectivity index (χ4v) is 3.71. The Morgan fingerprint density at radius 3 is 2.43 bits per heavy atom. The van der Waals surface area contributed by atoms with Crippen LogP contribution in [0.25, 0.3) is 0 Å². The number of ether oxygens (including phenoxy) is 2. The van der Waals surface area contributed by atoms with Crippen LogP contribution in [-0.4, -0.2) is 24.6 Å². The van der Waals surface area contributed by atoms with E-state index in [2.05, 4.69) is 31.8 Å². The number of halogens is 2. The molecular formula is C26H25BrClN3O4. The van der Waals surface area contributed by atoms with Crippen LogP contribution in [0, 0.1) is 6.92 Å². The van der Waals surface area contributed by atoms with Gasteiger partial charge < -0.3 is 14.8 Å². The molecule has 3 aromatic carbocycles. The van der Waals surface area contributed by atoms with Gasteiger partial charge in [-0.2, -0.15) is 5.10 Å². The van der Waals surface area contributed by atoms with Crippen LogP contribution in [0.2, 0.25) is 5.02 Å². The summed E-state index contributed by atoms with van der Waals surface area (Å²) in [6, 6.07) is 18.3. The molecule has 0 unspecified atom stereocenters. The molecule has 0 aliphatic heterocycles. The van der Waals surface area contributed by atoms with Crippen LogP contribution in [0.1, 0.15) is 30.0 Å². The number of carbonyl (C=O) groups is 2. The Morgan fingerprint density at radius 1 is 1.03 bits per heavy atom. The molecule has 0 spiro atoms. The lowest BCUT2D eigenvalue weighted by molar-refractivity contribution is -0.126. The molecule has 9 heteroatoms. The van der Waals surface area contributed by atoms with E-state index in [0.29, 0.717) is 45.5 Å². The first-order valence-electron chi connectivity index (χ1n) is 10.9. The average molecular weight is 559 g/mol. The monoisotopic (exact) mass is 557 g/mol. The molecule has 0 radical (unpaired) electrons. The number of anilines is 1. The van der Waals surface area contributed by atoms with Gasteiger partial charge in [0.05, 0.1) is 17.3 Å². The van der Waals surface area contributed by atoms with E-state index in [1.54, 1.807) is 36.4 Å². The Labute approximate surface area is 217 Å². The lowest BCUT2D eigenvalue weighted by Gasteiger charge is -2.15. The minimum atomic E-state index is -0.546. The Hall–Kier alpha value is -3.36. The molecule has 2 N–H and O–H groups in total. The molecule has 0 saturated heterocycles. The molecule has 0 atom stereocenters. The van der Waals surface area contributed by atoms with Gasteiger partial charge in [-0.3, -0.25) is 9.59 Å². The standard InChI is InChI=1S/C26H25BrClN3O4/c1-3-34-23-13-19(12-22(27)26(23)35-16-18-6-4-17(2)5-7-18)15-29-31-25(33)14-24(32)30-21-10-8-20(28)9-11-21/h4-13,15H,3,14,16H2,1-2H3,(H,30,32)(H,31,33). The van der Waals surface area contributed by atoms with Gasteiger partial charge in [0.15, 0.2) is 11.5 Å². The van der Waals surface area contributed by atoms with Crippen molar-refractivity contribution in [2.45, 2.75) is 26.9 Å². The molecule has 0 fully saturated rings. The Kier molecular flexibility index (Phi) is 9.69. The fourth-order valence-electron chi connectivity index (χ4n) is 3.01. The second-order valence-corrected chi connectivity index (χ2v) is 8.85. The number of nitrogens with one attached hydrogen (secondary N) is 2. The van der Waals surface area contributed by atoms with Crippen molar-refractivity contribution in [1.29, 1.82) is 0 Å². The van der Waals surface area contributed by atoms with Gasteiger partial charge >= 0.3 is 0 Å². The zero-order chi connectivity index (χ0) is 25.2. The summed E-state index contributed by atoms with van der Waals surface area (Å²) in [5, 5.41) is 7.13. The first-order chi connectivity index (χ1) is 16.8. The number of hydrazone groups is 1. The van der Waals surface area contributed by atoms with Gasteiger partial charge in [0.25, 0.3) is 0 Å². The van der Waals surface area contributed by atoms with Crippen molar-refractivity contribution in [3.05, 3.63) is 86.8 Å². The van der Waals surface area contributed by atoms with Gasteiger partial charge in [0.1, 0.15) is 13.0 Å². The van der Waals surface area contributed by atoms with Gasteiger partial charge in [0, 0.05) is 10.7 Å². The van der Waals surface area contributed by atoms with Crippen LogP contribution in [-0.2, 0) is 16.2 Å². The highest BCUT2D eigenvalue weighted by atomic mass is 79.9. The number of benzene rings is 3. The Balaban J connectivity index is 1.58. The molecule has 0 aromatic heterocycles. The van der Waals surface area contributed by atoms with Crippen LogP contribution in [0.3, 0.4) is 0 Å². The highest BCUT2D eigenvalue weighted by Crippen LogP contribution is 2.37. The van der Waals surface area contributed by atoms with Crippen molar-refractivity contribution >= 4 is 51.2 Å². The number of hydrogen-bond donors (Lipinski definition) is 2. The first-order valence-corrected chi connectivity index (χ1v) is 12.0. The minimum Gasteiger partial charge on any atom is -0.490 e. The minimum absolute atomic E-state index is 0.375. The van der Waals surface area contributed by atoms with E-state index in [1.807, 2.05) is 38.1 Å². The van der Waals surface area contributed by atoms with Gasteiger partial charge in [-0.1, -0.05) is 41.4 Å². The third kappa shape index (κ3) is 8.42. The molecule has 182 valence electrons. The van der Waals surface area contributed by atoms with E-state index >= 15 is 0 Å². The maximum absolute atomic E-state index is 12.1. The molecule has 3 rings (SSSR count). The summed E-state index contributed by atoms with van der Waals surface area (Å²) < 4.78 is 12.4. The zero-order valence-corrected chi connectivity index (χ0v) is 21.7. The second kappa shape index (κ2) is 12.9. The Bertz CT molecular complexity index is 1200. The first kappa shape index (κ1) is 26.2. The predicted octanol–water partition coefficient (Wildman–Crippen LogP) is 5.87. The largest absolute Gasteiger partial charge is 0.490 e. The van der Waals surface area contributed by atoms with Crippen molar-refractivity contribution in [2.75, 3.05) is 11.9 Å². The second-order valence-electron chi connectivity index (χ2n) is 7.56. The smallest absolute Gasteiger partial charge is 0.249 e. The van der Waals surface area contributed by atoms with Crippen molar-refractivity contribution in [3.8, 4) is 11.5 Å². The molecule has 0 bridgehead atoms. The summed E-state index contributed by atoms with van der Waals surface area (Å²) in [5.41, 5.74) is 5.80. The van der Waals surface area contributed by atoms with Crippen molar-refractivity contribution in [2.24, 2.45) is 5.10 Å². The van der Waals surface area contributed by atoms with E-state index in [-0.39, 0.29) is 6.42 Å². The van der Waals surface area contributed by atoms with E-state index in [1.165, 1.54) is 11.8 Å². The molecule has 2 amide bonds. The lowest BCUT2D eigenvalue weighted by Crippen LogP contribution is -2.24. The van der Waals surface area contributed by atoms with Crippen LogP contribution >= 0.6 is 27.5 Å². The highest BCUT2D eigenvalue weighted by Gasteiger charge is 2.13. The number of nitrogens with zero attached hydrogens (tertiary/aromatic N) is 1. The topological polar surface area (TPSA) is 89.0 Å². The Morgan fingerprint density at radius 2 is 1.74 bits per heavy atom. The third-order valence-corrected chi connectivity index (χ3v) is 5.53. The summed E-state index contributed by atoms with van der Waals surface area (Å²) in [5.74, 6) is 0.114. The van der Waals surface area contributed by atoms with Crippen molar-refractivity contribution < 1.29 is 19.1 Å². The highest BCUT2D eigenvalue weighted by molar-refractivity contribution is 9.10. The van der Waals surface area contributed by atoms with Crippen LogP contribution in [0.4, 0.5) is 5.69 Å². The third-order valence-electron chi connectivity index (χ3n) is 4.69. The molecule has 0 saturated carbocycles. The van der Waals surface area contributed by atoms with Crippen LogP contribution < -0.4 is 20.2 Å². The lowest BCUT2D eigenvalue weighted by atomic mass is 10.2. The summed E-state index contributed by atoms with van der Waals surface area (Å²) >= 11 is 9.35. The summed E-state index contributed by atoms with van der Waals surface area (Å²) in [4.78, 5) is 24.1. The maximum Gasteiger partial charge on any atom is 0.249 e. The summed E-state index contributed by atoms with van der Waals surface area (Å²) in [6.45, 7) is 4.76. The number of aryl methyl sites for hydroxylation is 1. The maximum atomic E-state index is 12.1. The molecule has 0 heterocycles. The van der Waals surface area contributed by atoms with Crippen molar-refractivity contribution in [3.63, 3.8) is 0 Å². The van der Waals surface area contributed by atoms with Crippen LogP contribution in [0.15, 0.2) is 70.2 Å². The quantitative estimate of drug-likeness (QED) is 0.185. The number of rotatable bonds is 10. The van der Waals surface area contributed by atoms with Gasteiger partial charge in [-0.15, -0.1) is 0 Å². The van der Waals surface area contributed by atoms with E-state index < -0.39 is 11.8 Å². The molecule has 7 nitrogen and oxygen atoms in total. The predicted molar refractivity (Wildman–Crippen MR) is 141 cm³/mol. The molecule has 3 aromatic rings. The van der Waals surface area contributed by atoms with Crippen LogP contribution in [0.5, 0.6) is 11.5 Å². The van der Waals surface area contributed by atoms with Crippen molar-refractivity contribution in [1.82, 2.24) is 5.43 Å². The number of amides is 2. The molecule has 0 aliphatic rings. The van der Waals surface area contributed by atoms with Gasteiger partial charge in [0.2, 0.25) is 11.8 Å².